The molecule has 0 radical (unpaired) electrons. The van der Waals surface area contributed by atoms with Crippen LogP contribution in [0.1, 0.15) is 19.8 Å². The summed E-state index contributed by atoms with van der Waals surface area (Å²) in [6, 6.07) is 5.74. The smallest absolute Gasteiger partial charge is 0.239 e. The maximum atomic E-state index is 12.6. The van der Waals surface area contributed by atoms with E-state index in [4.69, 9.17) is 0 Å². The number of carbonyl (C=O) groups is 1. The van der Waals surface area contributed by atoms with Gasteiger partial charge in [0.2, 0.25) is 5.91 Å². The van der Waals surface area contributed by atoms with E-state index in [0.717, 1.165) is 35.1 Å². The predicted octanol–water partition coefficient (Wildman–Crippen LogP) is 4.00. The van der Waals surface area contributed by atoms with E-state index in [0.29, 0.717) is 24.1 Å². The summed E-state index contributed by atoms with van der Waals surface area (Å²) in [4.78, 5) is 29.3. The predicted molar refractivity (Wildman–Crippen MR) is 110 cm³/mol. The molecule has 1 saturated heterocycles. The van der Waals surface area contributed by atoms with E-state index in [9.17, 15) is 4.79 Å². The van der Waals surface area contributed by atoms with Crippen LogP contribution in [0.25, 0.3) is 21.4 Å². The van der Waals surface area contributed by atoms with Crippen molar-refractivity contribution in [2.24, 2.45) is 5.92 Å². The topological polar surface area (TPSA) is 71.0 Å². The first-order valence-corrected chi connectivity index (χ1v) is 10.8. The average molecular weight is 400 g/mol. The molecule has 1 fully saturated rings. The molecule has 3 aromatic rings. The van der Waals surface area contributed by atoms with Gasteiger partial charge in [-0.05, 0) is 36.8 Å². The van der Waals surface area contributed by atoms with Gasteiger partial charge < -0.3 is 5.32 Å². The average Bonchev–Trinajstić information content (AvgIpc) is 3.35. The van der Waals surface area contributed by atoms with E-state index >= 15 is 0 Å². The third-order valence-electron chi connectivity index (χ3n) is 4.49. The van der Waals surface area contributed by atoms with E-state index in [1.54, 1.807) is 23.6 Å². The van der Waals surface area contributed by atoms with E-state index in [2.05, 4.69) is 32.1 Å². The van der Waals surface area contributed by atoms with E-state index < -0.39 is 0 Å². The van der Waals surface area contributed by atoms with Crippen LogP contribution in [0.15, 0.2) is 35.2 Å². The zero-order valence-corrected chi connectivity index (χ0v) is 16.7. The van der Waals surface area contributed by atoms with Crippen molar-refractivity contribution >= 4 is 34.4 Å². The summed E-state index contributed by atoms with van der Waals surface area (Å²) in [5.74, 6) is 1.74. The highest BCUT2D eigenvalue weighted by atomic mass is 32.1. The molecule has 140 valence electrons. The van der Waals surface area contributed by atoms with Crippen LogP contribution in [0.2, 0.25) is 0 Å². The Labute approximate surface area is 166 Å². The van der Waals surface area contributed by atoms with Crippen molar-refractivity contribution in [2.45, 2.75) is 19.8 Å². The molecular formula is C19H21N5OS2. The molecule has 0 aliphatic carbocycles. The molecule has 3 aromatic heterocycles. The lowest BCUT2D eigenvalue weighted by Gasteiger charge is -2.30. The number of nitrogens with zero attached hydrogens (tertiary/aromatic N) is 4. The van der Waals surface area contributed by atoms with Crippen molar-refractivity contribution in [3.05, 3.63) is 35.2 Å². The molecule has 4 heterocycles. The lowest BCUT2D eigenvalue weighted by atomic mass is 10.0. The summed E-state index contributed by atoms with van der Waals surface area (Å²) in [5.41, 5.74) is 0.727. The Balaban J connectivity index is 1.55. The van der Waals surface area contributed by atoms with E-state index in [1.807, 2.05) is 22.9 Å². The van der Waals surface area contributed by atoms with Crippen LogP contribution in [0.3, 0.4) is 0 Å². The molecule has 0 bridgehead atoms. The number of nitrogens with one attached hydrogen (secondary N) is 1. The summed E-state index contributed by atoms with van der Waals surface area (Å²) in [6.45, 7) is 4.59. The number of amides is 1. The molecule has 27 heavy (non-hydrogen) atoms. The second kappa shape index (κ2) is 8.24. The number of aromatic nitrogens is 3. The molecule has 4 rings (SSSR count). The first-order chi connectivity index (χ1) is 13.2. The van der Waals surface area contributed by atoms with Crippen LogP contribution < -0.4 is 5.32 Å². The maximum Gasteiger partial charge on any atom is 0.239 e. The van der Waals surface area contributed by atoms with Crippen LogP contribution in [-0.4, -0.2) is 45.4 Å². The highest BCUT2D eigenvalue weighted by Crippen LogP contribution is 2.28. The minimum Gasteiger partial charge on any atom is -0.309 e. The summed E-state index contributed by atoms with van der Waals surface area (Å²) >= 11 is 3.09. The Kier molecular flexibility index (Phi) is 5.56. The molecule has 0 aromatic carbocycles. The van der Waals surface area contributed by atoms with Gasteiger partial charge >= 0.3 is 0 Å². The lowest BCUT2D eigenvalue weighted by Crippen LogP contribution is -2.39. The second-order valence-corrected chi connectivity index (χ2v) is 8.65. The Hall–Kier alpha value is -2.16. The number of thiazole rings is 1. The number of anilines is 1. The zero-order valence-electron chi connectivity index (χ0n) is 15.1. The SMILES string of the molecule is CC1CCCN(CC(=O)Nc2cc(-c3nccs3)nc(-c3cccs3)n2)C1. The third-order valence-corrected chi connectivity index (χ3v) is 6.16. The van der Waals surface area contributed by atoms with Crippen LogP contribution in [0.4, 0.5) is 5.82 Å². The van der Waals surface area contributed by atoms with Crippen LogP contribution >= 0.6 is 22.7 Å². The Bertz CT molecular complexity index is 842. The fraction of sp³-hybridized carbons (Fsp3) is 0.368. The minimum atomic E-state index is -0.0370. The van der Waals surface area contributed by atoms with Gasteiger partial charge in [0, 0.05) is 24.2 Å². The molecule has 1 aliphatic rings. The van der Waals surface area contributed by atoms with Crippen molar-refractivity contribution in [1.29, 1.82) is 0 Å². The largest absolute Gasteiger partial charge is 0.309 e. The van der Waals surface area contributed by atoms with Gasteiger partial charge in [0.1, 0.15) is 16.5 Å². The molecule has 1 atom stereocenters. The van der Waals surface area contributed by atoms with Gasteiger partial charge in [-0.1, -0.05) is 13.0 Å². The molecular weight excluding hydrogens is 378 g/mol. The quantitative estimate of drug-likeness (QED) is 0.702. The molecule has 0 saturated carbocycles. The van der Waals surface area contributed by atoms with Gasteiger partial charge in [0.25, 0.3) is 0 Å². The van der Waals surface area contributed by atoms with E-state index in [1.165, 1.54) is 17.8 Å². The van der Waals surface area contributed by atoms with E-state index in [-0.39, 0.29) is 5.91 Å². The van der Waals surface area contributed by atoms with Crippen molar-refractivity contribution in [1.82, 2.24) is 19.9 Å². The summed E-state index contributed by atoms with van der Waals surface area (Å²) in [7, 11) is 0. The number of piperidine rings is 1. The third kappa shape index (κ3) is 4.58. The van der Waals surface area contributed by atoms with Gasteiger partial charge in [-0.25, -0.2) is 15.0 Å². The summed E-state index contributed by atoms with van der Waals surface area (Å²) in [6.07, 6.45) is 4.15. The number of hydrogen-bond acceptors (Lipinski definition) is 7. The highest BCUT2D eigenvalue weighted by Gasteiger charge is 2.19. The zero-order chi connectivity index (χ0) is 18.6. The van der Waals surface area contributed by atoms with Gasteiger partial charge in [0.05, 0.1) is 11.4 Å². The Morgan fingerprint density at radius 1 is 1.33 bits per heavy atom. The molecule has 1 amide bonds. The molecule has 0 spiro atoms. The monoisotopic (exact) mass is 399 g/mol. The highest BCUT2D eigenvalue weighted by molar-refractivity contribution is 7.13. The fourth-order valence-corrected chi connectivity index (χ4v) is 4.56. The minimum absolute atomic E-state index is 0.0370. The molecule has 6 nitrogen and oxygen atoms in total. The van der Waals surface area contributed by atoms with Gasteiger partial charge in [-0.15, -0.1) is 22.7 Å². The first-order valence-electron chi connectivity index (χ1n) is 9.02. The number of likely N-dealkylation sites (tertiary alicyclic amines) is 1. The van der Waals surface area contributed by atoms with Crippen molar-refractivity contribution in [2.75, 3.05) is 25.0 Å². The van der Waals surface area contributed by atoms with Crippen molar-refractivity contribution in [3.8, 4) is 21.4 Å². The molecule has 1 aliphatic heterocycles. The van der Waals surface area contributed by atoms with Crippen LogP contribution in [0, 0.1) is 5.92 Å². The van der Waals surface area contributed by atoms with Gasteiger partial charge in [0.15, 0.2) is 5.82 Å². The number of thiophene rings is 1. The van der Waals surface area contributed by atoms with Crippen LogP contribution in [0.5, 0.6) is 0 Å². The summed E-state index contributed by atoms with van der Waals surface area (Å²) < 4.78 is 0. The Morgan fingerprint density at radius 2 is 2.26 bits per heavy atom. The normalized spacial score (nSPS) is 17.7. The molecule has 1 N–H and O–H groups in total. The van der Waals surface area contributed by atoms with Gasteiger partial charge in [-0.2, -0.15) is 0 Å². The number of carbonyl (C=O) groups excluding carboxylic acids is 1. The molecule has 8 heteroatoms. The lowest BCUT2D eigenvalue weighted by molar-refractivity contribution is -0.117. The second-order valence-electron chi connectivity index (χ2n) is 6.81. The maximum absolute atomic E-state index is 12.6. The first kappa shape index (κ1) is 18.2. The summed E-state index contributed by atoms with van der Waals surface area (Å²) in [5, 5.41) is 7.68. The fourth-order valence-electron chi connectivity index (χ4n) is 3.30. The van der Waals surface area contributed by atoms with Gasteiger partial charge in [-0.3, -0.25) is 9.69 Å². The number of rotatable bonds is 5. The Morgan fingerprint density at radius 3 is 3.00 bits per heavy atom. The van der Waals surface area contributed by atoms with Crippen molar-refractivity contribution in [3.63, 3.8) is 0 Å². The van der Waals surface area contributed by atoms with Crippen molar-refractivity contribution < 1.29 is 4.79 Å². The van der Waals surface area contributed by atoms with Crippen LogP contribution in [-0.2, 0) is 4.79 Å². The molecule has 1 unspecified atom stereocenters. The standard InChI is InChI=1S/C19H21N5OS2/c1-13-4-2-7-24(11-13)12-17(25)22-16-10-14(19-20-6-9-27-19)21-18(23-16)15-5-3-8-26-15/h3,5-6,8-10,13H,2,4,7,11-12H2,1H3,(H,21,22,23,25). The number of hydrogen-bond donors (Lipinski definition) is 1.